The van der Waals surface area contributed by atoms with Gasteiger partial charge in [-0.05, 0) is 60.9 Å². The topological polar surface area (TPSA) is 124 Å². The van der Waals surface area contributed by atoms with E-state index in [1.54, 1.807) is 13.0 Å². The van der Waals surface area contributed by atoms with Gasteiger partial charge in [-0.25, -0.2) is 4.39 Å². The normalized spacial score (nSPS) is 13.1. The Morgan fingerprint density at radius 2 is 1.80 bits per heavy atom. The van der Waals surface area contributed by atoms with Gasteiger partial charge in [0.05, 0.1) is 22.7 Å². The van der Waals surface area contributed by atoms with Gasteiger partial charge in [0.1, 0.15) is 29.5 Å². The number of primary amides is 1. The first-order valence-electron chi connectivity index (χ1n) is 9.97. The van der Waals surface area contributed by atoms with Crippen molar-refractivity contribution >= 4 is 23.3 Å². The highest BCUT2D eigenvalue weighted by Gasteiger charge is 2.31. The van der Waals surface area contributed by atoms with Crippen molar-refractivity contribution in [1.29, 1.82) is 0 Å². The largest absolute Gasteiger partial charge is 0.573 e. The van der Waals surface area contributed by atoms with Crippen LogP contribution in [0.2, 0.25) is 0 Å². The van der Waals surface area contributed by atoms with Crippen molar-refractivity contribution in [2.45, 2.75) is 25.4 Å². The Bertz CT molecular complexity index is 1200. The Hall–Kier alpha value is -3.71. The predicted molar refractivity (Wildman–Crippen MR) is 117 cm³/mol. The molecule has 35 heavy (non-hydrogen) atoms. The van der Waals surface area contributed by atoms with Crippen LogP contribution in [-0.2, 0) is 4.79 Å². The van der Waals surface area contributed by atoms with Gasteiger partial charge in [-0.2, -0.15) is 4.37 Å². The number of amides is 2. The Kier molecular flexibility index (Phi) is 7.92. The van der Waals surface area contributed by atoms with Crippen LogP contribution in [-0.4, -0.2) is 40.3 Å². The molecule has 0 aliphatic carbocycles. The third-order valence-electron chi connectivity index (χ3n) is 4.64. The van der Waals surface area contributed by atoms with E-state index in [-0.39, 0.29) is 11.3 Å². The zero-order valence-corrected chi connectivity index (χ0v) is 18.8. The molecule has 0 aliphatic heterocycles. The molecular formula is C22H19F4N3O5S. The van der Waals surface area contributed by atoms with Crippen molar-refractivity contribution < 1.29 is 41.7 Å². The minimum absolute atomic E-state index is 0.306. The number of aromatic nitrogens is 1. The monoisotopic (exact) mass is 513 g/mol. The lowest BCUT2D eigenvalue weighted by Gasteiger charge is -2.14. The van der Waals surface area contributed by atoms with Crippen LogP contribution in [0.3, 0.4) is 0 Å². The molecule has 2 atom stereocenters. The second-order valence-corrected chi connectivity index (χ2v) is 8.04. The number of benzene rings is 2. The quantitative estimate of drug-likeness (QED) is 0.376. The van der Waals surface area contributed by atoms with Crippen LogP contribution < -0.4 is 20.5 Å². The van der Waals surface area contributed by atoms with Gasteiger partial charge in [0.2, 0.25) is 5.91 Å². The molecule has 0 radical (unpaired) electrons. The van der Waals surface area contributed by atoms with Gasteiger partial charge in [-0.1, -0.05) is 6.07 Å². The van der Waals surface area contributed by atoms with E-state index >= 15 is 0 Å². The molecule has 4 N–H and O–H groups in total. The molecule has 8 nitrogen and oxygen atoms in total. The first kappa shape index (κ1) is 25.9. The van der Waals surface area contributed by atoms with Crippen molar-refractivity contribution in [2.24, 2.45) is 5.73 Å². The number of hydrogen-bond acceptors (Lipinski definition) is 7. The Morgan fingerprint density at radius 3 is 2.37 bits per heavy atom. The fourth-order valence-corrected chi connectivity index (χ4v) is 3.62. The molecule has 0 aliphatic rings. The van der Waals surface area contributed by atoms with Gasteiger partial charge < -0.3 is 25.6 Å². The van der Waals surface area contributed by atoms with Crippen molar-refractivity contribution in [2.75, 3.05) is 6.61 Å². The molecule has 13 heteroatoms. The summed E-state index contributed by atoms with van der Waals surface area (Å²) in [5.74, 6) is -2.82. The molecular weight excluding hydrogens is 494 g/mol. The number of hydrogen-bond donors (Lipinski definition) is 3. The molecule has 0 spiro atoms. The molecule has 0 saturated heterocycles. The van der Waals surface area contributed by atoms with E-state index in [0.717, 1.165) is 29.7 Å². The van der Waals surface area contributed by atoms with Crippen molar-refractivity contribution in [3.63, 3.8) is 0 Å². The van der Waals surface area contributed by atoms with Crippen LogP contribution in [0.4, 0.5) is 17.6 Å². The van der Waals surface area contributed by atoms with Crippen LogP contribution in [0, 0.1) is 5.82 Å². The Balaban J connectivity index is 1.68. The Labute approximate surface area is 200 Å². The summed E-state index contributed by atoms with van der Waals surface area (Å²) in [5, 5.41) is 11.2. The minimum atomic E-state index is -4.79. The van der Waals surface area contributed by atoms with Gasteiger partial charge in [0.15, 0.2) is 0 Å². The van der Waals surface area contributed by atoms with Crippen molar-refractivity contribution in [3.8, 4) is 22.8 Å². The van der Waals surface area contributed by atoms with E-state index in [9.17, 15) is 27.2 Å². The molecule has 1 heterocycles. The molecule has 1 unspecified atom stereocenters. The highest BCUT2D eigenvalue weighted by Crippen LogP contribution is 2.31. The van der Waals surface area contributed by atoms with Crippen LogP contribution in [0.1, 0.15) is 28.3 Å². The van der Waals surface area contributed by atoms with E-state index in [1.165, 1.54) is 24.3 Å². The number of nitrogens with zero attached hydrogens (tertiary/aromatic N) is 1. The number of alkyl halides is 3. The van der Waals surface area contributed by atoms with Gasteiger partial charge in [-0.3, -0.25) is 9.59 Å². The summed E-state index contributed by atoms with van der Waals surface area (Å²) in [6.45, 7) is 0.982. The molecule has 2 amide bonds. The molecule has 0 bridgehead atoms. The summed E-state index contributed by atoms with van der Waals surface area (Å²) in [7, 11) is 0. The highest BCUT2D eigenvalue weighted by molar-refractivity contribution is 7.06. The highest BCUT2D eigenvalue weighted by atomic mass is 32.1. The number of rotatable bonds is 9. The zero-order chi connectivity index (χ0) is 25.8. The molecule has 3 rings (SSSR count). The lowest BCUT2D eigenvalue weighted by Crippen LogP contribution is -2.47. The van der Waals surface area contributed by atoms with Gasteiger partial charge in [0.25, 0.3) is 5.91 Å². The number of nitrogens with two attached hydrogens (primary N) is 1. The second-order valence-electron chi connectivity index (χ2n) is 7.20. The summed E-state index contributed by atoms with van der Waals surface area (Å²) in [6, 6.07) is 8.98. The first-order valence-corrected chi connectivity index (χ1v) is 10.7. The second kappa shape index (κ2) is 10.7. The third-order valence-corrected chi connectivity index (χ3v) is 5.59. The number of aliphatic hydroxyl groups excluding tert-OH is 1. The maximum Gasteiger partial charge on any atom is 0.573 e. The average molecular weight is 513 g/mol. The van der Waals surface area contributed by atoms with Crippen molar-refractivity contribution in [1.82, 2.24) is 9.69 Å². The summed E-state index contributed by atoms with van der Waals surface area (Å²) in [4.78, 5) is 24.0. The van der Waals surface area contributed by atoms with Gasteiger partial charge >= 0.3 is 6.36 Å². The fourth-order valence-electron chi connectivity index (χ4n) is 2.90. The number of ether oxygens (including phenoxy) is 2. The lowest BCUT2D eigenvalue weighted by molar-refractivity contribution is -0.274. The maximum absolute atomic E-state index is 14.6. The third kappa shape index (κ3) is 6.90. The number of halogens is 4. The van der Waals surface area contributed by atoms with Crippen LogP contribution in [0.5, 0.6) is 11.5 Å². The SMILES string of the molecule is CC(Oc1ccc(OC(F)(F)F)cc1)c1cc(-c2ccc(C(=O)N[C@@H](CO)C(N)=O)c(F)c2)ns1. The van der Waals surface area contributed by atoms with E-state index in [0.29, 0.717) is 21.9 Å². The maximum atomic E-state index is 14.6. The van der Waals surface area contributed by atoms with E-state index in [1.807, 2.05) is 0 Å². The van der Waals surface area contributed by atoms with E-state index in [4.69, 9.17) is 15.6 Å². The number of carbonyl (C=O) groups is 2. The standard InChI is InChI=1S/C22H19F4N3O5S/c1-11(33-13-3-5-14(6-4-13)34-22(24,25)26)19-9-17(29-35-19)12-2-7-15(16(23)8-12)21(32)28-18(10-30)20(27)31/h2-9,11,18,30H,10H2,1H3,(H2,27,31)(H,28,32)/t11?,18-/m0/s1. The van der Waals surface area contributed by atoms with Crippen LogP contribution in [0.15, 0.2) is 48.5 Å². The Morgan fingerprint density at radius 1 is 1.14 bits per heavy atom. The summed E-state index contributed by atoms with van der Waals surface area (Å²) >= 11 is 1.08. The smallest absolute Gasteiger partial charge is 0.485 e. The minimum Gasteiger partial charge on any atom is -0.485 e. The summed E-state index contributed by atoms with van der Waals surface area (Å²) in [6.07, 6.45) is -5.31. The van der Waals surface area contributed by atoms with Crippen LogP contribution in [0.25, 0.3) is 11.3 Å². The molecule has 3 aromatic rings. The lowest BCUT2D eigenvalue weighted by atomic mass is 10.1. The number of aliphatic hydroxyl groups is 1. The molecule has 0 fully saturated rings. The van der Waals surface area contributed by atoms with Gasteiger partial charge in [0, 0.05) is 5.56 Å². The zero-order valence-electron chi connectivity index (χ0n) is 18.0. The molecule has 1 aromatic heterocycles. The van der Waals surface area contributed by atoms with Crippen molar-refractivity contribution in [3.05, 3.63) is 64.8 Å². The summed E-state index contributed by atoms with van der Waals surface area (Å²) in [5.41, 5.74) is 5.48. The van der Waals surface area contributed by atoms with Crippen LogP contribution >= 0.6 is 11.5 Å². The summed E-state index contributed by atoms with van der Waals surface area (Å²) < 4.78 is 65.2. The first-order chi connectivity index (χ1) is 16.5. The van der Waals surface area contributed by atoms with Gasteiger partial charge in [-0.15, -0.1) is 13.2 Å². The fraction of sp³-hybridized carbons (Fsp3) is 0.227. The number of carbonyl (C=O) groups excluding carboxylic acids is 2. The predicted octanol–water partition coefficient (Wildman–Crippen LogP) is 3.56. The molecule has 0 saturated carbocycles. The molecule has 186 valence electrons. The number of nitrogens with one attached hydrogen (secondary N) is 1. The van der Waals surface area contributed by atoms with E-state index < -0.39 is 42.7 Å². The van der Waals surface area contributed by atoms with E-state index in [2.05, 4.69) is 14.4 Å². The molecule has 2 aromatic carbocycles. The average Bonchev–Trinajstić information content (AvgIpc) is 3.28.